The van der Waals surface area contributed by atoms with E-state index in [1.807, 2.05) is 31.3 Å². The maximum Gasteiger partial charge on any atom is 0.207 e. The third-order valence-electron chi connectivity index (χ3n) is 4.82. The number of rotatable bonds is 3. The van der Waals surface area contributed by atoms with Gasteiger partial charge in [-0.1, -0.05) is 32.0 Å². The molecule has 1 aromatic heterocycles. The van der Waals surface area contributed by atoms with Crippen LogP contribution >= 0.6 is 0 Å². The number of fused-ring (bicyclic) bond motifs is 1. The number of likely N-dealkylation sites (N-methyl/N-ethyl adjacent to an activating group) is 1. The van der Waals surface area contributed by atoms with E-state index in [9.17, 15) is 10.1 Å². The van der Waals surface area contributed by atoms with Crippen molar-refractivity contribution < 1.29 is 9.21 Å². The molecule has 0 saturated carbocycles. The monoisotopic (exact) mass is 332 g/mol. The maximum absolute atomic E-state index is 12.5. The van der Waals surface area contributed by atoms with E-state index in [1.165, 1.54) is 11.8 Å². The molecule has 4 heteroatoms. The van der Waals surface area contributed by atoms with Crippen molar-refractivity contribution in [2.75, 3.05) is 11.9 Å². The Kier molecular flexibility index (Phi) is 4.10. The maximum atomic E-state index is 12.5. The van der Waals surface area contributed by atoms with E-state index in [0.29, 0.717) is 11.3 Å². The SMILES string of the molecule is Cc1occc1C(=O)/C(C#N)=C/C=C1\N(C)c2ccccc2C1(C)C. The number of anilines is 1. The molecule has 0 fully saturated rings. The molecule has 25 heavy (non-hydrogen) atoms. The third kappa shape index (κ3) is 2.68. The number of benzene rings is 1. The molecule has 0 unspecified atom stereocenters. The predicted octanol–water partition coefficient (Wildman–Crippen LogP) is 4.53. The van der Waals surface area contributed by atoms with Crippen LogP contribution in [0.1, 0.15) is 35.5 Å². The van der Waals surface area contributed by atoms with Gasteiger partial charge in [0.25, 0.3) is 0 Å². The zero-order chi connectivity index (χ0) is 18.2. The molecule has 0 saturated heterocycles. The number of aryl methyl sites for hydroxylation is 1. The van der Waals surface area contributed by atoms with Gasteiger partial charge in [-0.2, -0.15) is 5.26 Å². The van der Waals surface area contributed by atoms with Crippen molar-refractivity contribution in [2.24, 2.45) is 0 Å². The number of allylic oxidation sites excluding steroid dienone is 4. The molecule has 1 aliphatic heterocycles. The number of carbonyl (C=O) groups excluding carboxylic acids is 1. The summed E-state index contributed by atoms with van der Waals surface area (Å²) in [6, 6.07) is 11.8. The Morgan fingerprint density at radius 1 is 1.28 bits per heavy atom. The first-order valence-corrected chi connectivity index (χ1v) is 8.12. The smallest absolute Gasteiger partial charge is 0.207 e. The zero-order valence-electron chi connectivity index (χ0n) is 14.8. The van der Waals surface area contributed by atoms with E-state index in [-0.39, 0.29) is 16.8 Å². The van der Waals surface area contributed by atoms with Crippen LogP contribution in [-0.2, 0) is 5.41 Å². The number of Topliss-reactive ketones (excluding diaryl/α,β-unsaturated/α-hetero) is 1. The molecular weight excluding hydrogens is 312 g/mol. The lowest BCUT2D eigenvalue weighted by Gasteiger charge is -2.23. The van der Waals surface area contributed by atoms with Crippen molar-refractivity contribution in [3.05, 3.63) is 76.9 Å². The van der Waals surface area contributed by atoms with Crippen molar-refractivity contribution in [3.8, 4) is 6.07 Å². The summed E-state index contributed by atoms with van der Waals surface area (Å²) in [5, 5.41) is 9.42. The number of hydrogen-bond donors (Lipinski definition) is 0. The van der Waals surface area contributed by atoms with E-state index < -0.39 is 0 Å². The minimum absolute atomic E-state index is 0.0946. The molecule has 2 heterocycles. The molecule has 0 N–H and O–H groups in total. The Morgan fingerprint density at radius 3 is 2.60 bits per heavy atom. The van der Waals surface area contributed by atoms with Crippen molar-refractivity contribution >= 4 is 11.5 Å². The van der Waals surface area contributed by atoms with Gasteiger partial charge in [0.15, 0.2) is 0 Å². The normalized spacial score (nSPS) is 17.5. The van der Waals surface area contributed by atoms with Crippen LogP contribution in [0.15, 0.2) is 64.4 Å². The van der Waals surface area contributed by atoms with Crippen LogP contribution in [0.5, 0.6) is 0 Å². The van der Waals surface area contributed by atoms with Gasteiger partial charge in [0.2, 0.25) is 5.78 Å². The fourth-order valence-corrected chi connectivity index (χ4v) is 3.39. The molecule has 1 aliphatic rings. The van der Waals surface area contributed by atoms with Gasteiger partial charge in [-0.15, -0.1) is 0 Å². The third-order valence-corrected chi connectivity index (χ3v) is 4.82. The minimum Gasteiger partial charge on any atom is -0.469 e. The topological polar surface area (TPSA) is 57.2 Å². The zero-order valence-corrected chi connectivity index (χ0v) is 14.8. The van der Waals surface area contributed by atoms with Crippen LogP contribution in [0, 0.1) is 18.3 Å². The highest BCUT2D eigenvalue weighted by molar-refractivity contribution is 6.12. The van der Waals surface area contributed by atoms with Crippen LogP contribution in [0.2, 0.25) is 0 Å². The Morgan fingerprint density at radius 2 is 2.00 bits per heavy atom. The summed E-state index contributed by atoms with van der Waals surface area (Å²) in [6.07, 6.45) is 4.93. The summed E-state index contributed by atoms with van der Waals surface area (Å²) >= 11 is 0. The van der Waals surface area contributed by atoms with Crippen LogP contribution in [-0.4, -0.2) is 12.8 Å². The van der Waals surface area contributed by atoms with E-state index in [1.54, 1.807) is 19.1 Å². The Hall–Kier alpha value is -3.06. The van der Waals surface area contributed by atoms with Gasteiger partial charge in [-0.05, 0) is 36.8 Å². The second-order valence-electron chi connectivity index (χ2n) is 6.66. The molecule has 0 spiro atoms. The summed E-state index contributed by atoms with van der Waals surface area (Å²) in [4.78, 5) is 14.6. The lowest BCUT2D eigenvalue weighted by molar-refractivity contribution is 0.103. The van der Waals surface area contributed by atoms with E-state index in [4.69, 9.17) is 4.42 Å². The number of nitriles is 1. The molecule has 1 aromatic carbocycles. The standard InChI is InChI=1S/C21H20N2O2/c1-14-16(11-12-25-14)20(24)15(13-22)9-10-19-21(2,3)17-7-5-6-8-18(17)23(19)4/h5-12H,1-4H3/b15-9+,19-10-. The van der Waals surface area contributed by atoms with E-state index >= 15 is 0 Å². The summed E-state index contributed by atoms with van der Waals surface area (Å²) in [5.41, 5.74) is 3.73. The molecule has 3 rings (SSSR count). The molecule has 126 valence electrons. The molecule has 2 aromatic rings. The lowest BCUT2D eigenvalue weighted by Crippen LogP contribution is -2.22. The Labute approximate surface area is 147 Å². The van der Waals surface area contributed by atoms with Crippen molar-refractivity contribution in [1.82, 2.24) is 0 Å². The number of hydrogen-bond acceptors (Lipinski definition) is 4. The summed E-state index contributed by atoms with van der Waals surface area (Å²) in [7, 11) is 2.00. The predicted molar refractivity (Wildman–Crippen MR) is 97.4 cm³/mol. The van der Waals surface area contributed by atoms with Crippen molar-refractivity contribution in [1.29, 1.82) is 5.26 Å². The average molecular weight is 332 g/mol. The highest BCUT2D eigenvalue weighted by Crippen LogP contribution is 2.46. The van der Waals surface area contributed by atoms with Crippen molar-refractivity contribution in [2.45, 2.75) is 26.2 Å². The van der Waals surface area contributed by atoms with Crippen molar-refractivity contribution in [3.63, 3.8) is 0 Å². The van der Waals surface area contributed by atoms with Crippen LogP contribution in [0.4, 0.5) is 5.69 Å². The van der Waals surface area contributed by atoms with E-state index in [2.05, 4.69) is 30.9 Å². The number of ketones is 1. The average Bonchev–Trinajstić information content (AvgIpc) is 3.10. The molecule has 0 amide bonds. The minimum atomic E-state index is -0.318. The highest BCUT2D eigenvalue weighted by Gasteiger charge is 2.37. The highest BCUT2D eigenvalue weighted by atomic mass is 16.3. The fraction of sp³-hybridized carbons (Fsp3) is 0.238. The summed E-state index contributed by atoms with van der Waals surface area (Å²) in [6.45, 7) is 6.00. The Balaban J connectivity index is 2.00. The van der Waals surface area contributed by atoms with Gasteiger partial charge in [0, 0.05) is 23.8 Å². The number of carbonyl (C=O) groups is 1. The van der Waals surface area contributed by atoms with E-state index in [0.717, 1.165) is 11.4 Å². The van der Waals surface area contributed by atoms with Gasteiger partial charge in [0.05, 0.1) is 11.8 Å². The second-order valence-corrected chi connectivity index (χ2v) is 6.66. The van der Waals surface area contributed by atoms with Gasteiger partial charge >= 0.3 is 0 Å². The second kappa shape index (κ2) is 6.10. The van der Waals surface area contributed by atoms with Gasteiger partial charge in [-0.25, -0.2) is 0 Å². The molecule has 4 nitrogen and oxygen atoms in total. The first kappa shape index (κ1) is 16.8. The number of para-hydroxylation sites is 1. The fourth-order valence-electron chi connectivity index (χ4n) is 3.39. The molecule has 0 atom stereocenters. The quantitative estimate of drug-likeness (QED) is 0.471. The molecule has 0 bridgehead atoms. The van der Waals surface area contributed by atoms with Gasteiger partial charge < -0.3 is 9.32 Å². The molecule has 0 radical (unpaired) electrons. The number of nitrogens with zero attached hydrogens (tertiary/aromatic N) is 2. The molecule has 0 aliphatic carbocycles. The first-order chi connectivity index (χ1) is 11.9. The molecular formula is C21H20N2O2. The van der Waals surface area contributed by atoms with Crippen LogP contribution in [0.25, 0.3) is 0 Å². The van der Waals surface area contributed by atoms with Crippen LogP contribution < -0.4 is 4.90 Å². The number of furan rings is 1. The van der Waals surface area contributed by atoms with Gasteiger partial charge in [0.1, 0.15) is 17.4 Å². The lowest BCUT2D eigenvalue weighted by atomic mass is 9.83. The first-order valence-electron chi connectivity index (χ1n) is 8.12. The summed E-state index contributed by atoms with van der Waals surface area (Å²) < 4.78 is 5.17. The summed E-state index contributed by atoms with van der Waals surface area (Å²) in [5.74, 6) is 0.200. The Bertz CT molecular complexity index is 939. The van der Waals surface area contributed by atoms with Gasteiger partial charge in [-0.3, -0.25) is 4.79 Å². The van der Waals surface area contributed by atoms with Crippen LogP contribution in [0.3, 0.4) is 0 Å². The largest absolute Gasteiger partial charge is 0.469 e.